The molecule has 4 N–H and O–H groups in total. The Morgan fingerprint density at radius 2 is 1.17 bits per heavy atom. The molecule has 0 unspecified atom stereocenters. The standard InChI is InChI=1S/H4N2O2S.Ru/c1-5(2,3)4;/h(H4,1,2,3,4);. The van der Waals surface area contributed by atoms with Crippen molar-refractivity contribution in [3.05, 3.63) is 0 Å². The number of rotatable bonds is 0. The molecule has 4 nitrogen and oxygen atoms in total. The van der Waals surface area contributed by atoms with Crippen LogP contribution >= 0.6 is 0 Å². The van der Waals surface area contributed by atoms with Crippen molar-refractivity contribution in [1.82, 2.24) is 0 Å². The van der Waals surface area contributed by atoms with Crippen LogP contribution in [0.25, 0.3) is 0 Å². The Hall–Kier alpha value is 0.493. The Morgan fingerprint density at radius 1 is 1.17 bits per heavy atom. The van der Waals surface area contributed by atoms with E-state index in [9.17, 15) is 8.42 Å². The van der Waals surface area contributed by atoms with Gasteiger partial charge in [-0.05, 0) is 0 Å². The van der Waals surface area contributed by atoms with Crippen molar-refractivity contribution in [3.8, 4) is 0 Å². The minimum atomic E-state index is -3.67. The quantitative estimate of drug-likeness (QED) is 0.446. The van der Waals surface area contributed by atoms with Crippen LogP contribution in [-0.2, 0) is 29.7 Å². The average Bonchev–Trinajstić information content (AvgIpc) is 0.722. The molecule has 0 aromatic heterocycles. The van der Waals surface area contributed by atoms with Gasteiger partial charge < -0.3 is 0 Å². The van der Waals surface area contributed by atoms with E-state index in [2.05, 4.69) is 10.3 Å². The molecule has 0 bridgehead atoms. The normalized spacial score (nSPS) is 9.67. The van der Waals surface area contributed by atoms with Crippen LogP contribution < -0.4 is 10.3 Å². The fraction of sp³-hybridized carbons (Fsp3) is 0. The third kappa shape index (κ3) is 225. The maximum atomic E-state index is 9.19. The second-order valence-corrected chi connectivity index (χ2v) is 1.77. The summed E-state index contributed by atoms with van der Waals surface area (Å²) in [5.41, 5.74) is 0. The summed E-state index contributed by atoms with van der Waals surface area (Å²) >= 11 is 0. The summed E-state index contributed by atoms with van der Waals surface area (Å²) in [4.78, 5) is 0. The Morgan fingerprint density at radius 3 is 1.17 bits per heavy atom. The van der Waals surface area contributed by atoms with Gasteiger partial charge in [0.05, 0.1) is 0 Å². The molecule has 0 saturated heterocycles. The summed E-state index contributed by atoms with van der Waals surface area (Å²) in [5.74, 6) is 0. The van der Waals surface area contributed by atoms with Gasteiger partial charge in [0.15, 0.2) is 0 Å². The Balaban J connectivity index is 0. The molecule has 0 aromatic carbocycles. The van der Waals surface area contributed by atoms with Crippen LogP contribution in [0.1, 0.15) is 0 Å². The molecule has 0 saturated carbocycles. The molecule has 6 heteroatoms. The summed E-state index contributed by atoms with van der Waals surface area (Å²) in [6, 6.07) is 0. The predicted molar refractivity (Wildman–Crippen MR) is 17.3 cm³/mol. The molecule has 0 radical (unpaired) electrons. The van der Waals surface area contributed by atoms with Gasteiger partial charge in [0.25, 0.3) is 10.2 Å². The van der Waals surface area contributed by atoms with E-state index >= 15 is 0 Å². The minimum Gasteiger partial charge on any atom is -0.216 e. The monoisotopic (exact) mass is 198 g/mol. The zero-order valence-electron chi connectivity index (χ0n) is 2.73. The fourth-order valence-corrected chi connectivity index (χ4v) is 0. The van der Waals surface area contributed by atoms with Crippen molar-refractivity contribution in [3.63, 3.8) is 0 Å². The van der Waals surface area contributed by atoms with Gasteiger partial charge in [-0.15, -0.1) is 0 Å². The van der Waals surface area contributed by atoms with E-state index in [1.165, 1.54) is 0 Å². The van der Waals surface area contributed by atoms with E-state index < -0.39 is 10.2 Å². The van der Waals surface area contributed by atoms with Crippen LogP contribution in [0, 0.1) is 0 Å². The topological polar surface area (TPSA) is 86.2 Å². The second-order valence-electron chi connectivity index (χ2n) is 0.589. The average molecular weight is 197 g/mol. The molecule has 0 aliphatic carbocycles. The first-order valence-electron chi connectivity index (χ1n) is 0.805. The molecular formula is H4N2O2RuS. The van der Waals surface area contributed by atoms with Gasteiger partial charge >= 0.3 is 0 Å². The zero-order valence-corrected chi connectivity index (χ0v) is 5.29. The third-order valence-corrected chi connectivity index (χ3v) is 0. The Bertz CT molecular complexity index is 94.7. The summed E-state index contributed by atoms with van der Waals surface area (Å²) in [6.45, 7) is 0. The van der Waals surface area contributed by atoms with Crippen LogP contribution in [0.4, 0.5) is 0 Å². The Kier molecular flexibility index (Phi) is 4.25. The third-order valence-electron chi connectivity index (χ3n) is 0. The molecule has 0 heterocycles. The van der Waals surface area contributed by atoms with Crippen molar-refractivity contribution in [1.29, 1.82) is 0 Å². The van der Waals surface area contributed by atoms with Gasteiger partial charge in [0.1, 0.15) is 0 Å². The molecule has 0 aliphatic heterocycles. The van der Waals surface area contributed by atoms with Crippen LogP contribution in [0.5, 0.6) is 0 Å². The maximum Gasteiger partial charge on any atom is 0.271 e. The van der Waals surface area contributed by atoms with Gasteiger partial charge in [0.2, 0.25) is 0 Å². The number of hydrogen-bond donors (Lipinski definition) is 2. The van der Waals surface area contributed by atoms with E-state index in [0.29, 0.717) is 0 Å². The van der Waals surface area contributed by atoms with E-state index in [4.69, 9.17) is 0 Å². The molecule has 0 aliphatic rings. The van der Waals surface area contributed by atoms with Crippen LogP contribution in [0.15, 0.2) is 0 Å². The Labute approximate surface area is 48.8 Å². The van der Waals surface area contributed by atoms with E-state index in [-0.39, 0.29) is 19.5 Å². The number of nitrogens with two attached hydrogens (primary N) is 2. The first-order valence-corrected chi connectivity index (χ1v) is 2.41. The predicted octanol–water partition coefficient (Wildman–Crippen LogP) is -1.85. The van der Waals surface area contributed by atoms with E-state index in [1.54, 1.807) is 0 Å². The summed E-state index contributed by atoms with van der Waals surface area (Å²) in [5, 5.41) is 8.21. The first-order chi connectivity index (χ1) is 2.00. The molecule has 0 amide bonds. The summed E-state index contributed by atoms with van der Waals surface area (Å²) in [6.07, 6.45) is 0. The van der Waals surface area contributed by atoms with Crippen molar-refractivity contribution in [2.24, 2.45) is 10.3 Å². The van der Waals surface area contributed by atoms with E-state index in [1.807, 2.05) is 0 Å². The zero-order chi connectivity index (χ0) is 4.50. The minimum absolute atomic E-state index is 0. The summed E-state index contributed by atoms with van der Waals surface area (Å²) in [7, 11) is -3.67. The molecule has 0 spiro atoms. The molecule has 0 aromatic rings. The fourth-order valence-electron chi connectivity index (χ4n) is 0. The number of hydrogen-bond acceptors (Lipinski definition) is 2. The van der Waals surface area contributed by atoms with Gasteiger partial charge in [-0.2, -0.15) is 8.42 Å². The molecule has 40 valence electrons. The van der Waals surface area contributed by atoms with Crippen molar-refractivity contribution >= 4 is 10.2 Å². The largest absolute Gasteiger partial charge is 0.271 e. The summed E-state index contributed by atoms with van der Waals surface area (Å²) < 4.78 is 18.4. The van der Waals surface area contributed by atoms with Gasteiger partial charge in [-0.1, -0.05) is 0 Å². The SMILES string of the molecule is NS(N)(=O)=O.[Ru]. The molecule has 0 atom stereocenters. The van der Waals surface area contributed by atoms with Crippen LogP contribution in [0.3, 0.4) is 0 Å². The molecule has 0 fully saturated rings. The molecule has 6 heavy (non-hydrogen) atoms. The van der Waals surface area contributed by atoms with Gasteiger partial charge in [-0.3, -0.25) is 0 Å². The van der Waals surface area contributed by atoms with Crippen molar-refractivity contribution in [2.75, 3.05) is 0 Å². The van der Waals surface area contributed by atoms with E-state index in [0.717, 1.165) is 0 Å². The second kappa shape index (κ2) is 2.63. The molecule has 0 rings (SSSR count). The van der Waals surface area contributed by atoms with Gasteiger partial charge in [0, 0.05) is 19.5 Å². The van der Waals surface area contributed by atoms with Gasteiger partial charge in [-0.25, -0.2) is 10.3 Å². The van der Waals surface area contributed by atoms with Crippen molar-refractivity contribution in [2.45, 2.75) is 0 Å². The van der Waals surface area contributed by atoms with Crippen LogP contribution in [0.2, 0.25) is 0 Å². The smallest absolute Gasteiger partial charge is 0.216 e. The van der Waals surface area contributed by atoms with Crippen molar-refractivity contribution < 1.29 is 27.9 Å². The molecular weight excluding hydrogens is 193 g/mol. The maximum absolute atomic E-state index is 9.19. The first kappa shape index (κ1) is 9.71. The van der Waals surface area contributed by atoms with Crippen LogP contribution in [-0.4, -0.2) is 8.42 Å².